The summed E-state index contributed by atoms with van der Waals surface area (Å²) in [5.74, 6) is 1.77. The van der Waals surface area contributed by atoms with Crippen LogP contribution >= 0.6 is 0 Å². The van der Waals surface area contributed by atoms with Crippen LogP contribution in [-0.2, 0) is 0 Å². The second kappa shape index (κ2) is 7.08. The number of aryl methyl sites for hydroxylation is 1. The van der Waals surface area contributed by atoms with Crippen molar-refractivity contribution in [2.24, 2.45) is 0 Å². The Balaban J connectivity index is 1.56. The molecule has 3 atom stereocenters. The van der Waals surface area contributed by atoms with Crippen LogP contribution in [0, 0.1) is 6.92 Å². The summed E-state index contributed by atoms with van der Waals surface area (Å²) in [4.78, 5) is 6.19. The third-order valence-corrected chi connectivity index (χ3v) is 3.84. The molecule has 124 valence electrons. The monoisotopic (exact) mass is 319 g/mol. The zero-order valence-corrected chi connectivity index (χ0v) is 13.0. The molecule has 23 heavy (non-hydrogen) atoms. The minimum Gasteiger partial charge on any atom is -0.491 e. The maximum absolute atomic E-state index is 10.2. The van der Waals surface area contributed by atoms with E-state index in [-0.39, 0.29) is 12.6 Å². The zero-order valence-electron chi connectivity index (χ0n) is 13.0. The van der Waals surface area contributed by atoms with Crippen molar-refractivity contribution < 1.29 is 19.5 Å². The van der Waals surface area contributed by atoms with E-state index in [1.54, 1.807) is 6.92 Å². The summed E-state index contributed by atoms with van der Waals surface area (Å²) in [6, 6.07) is 9.19. The third-order valence-electron chi connectivity index (χ3n) is 3.84. The summed E-state index contributed by atoms with van der Waals surface area (Å²) in [6.45, 7) is 2.78. The Labute approximate surface area is 134 Å². The number of benzene rings is 1. The van der Waals surface area contributed by atoms with Gasteiger partial charge >= 0.3 is 0 Å². The Bertz CT molecular complexity index is 619. The van der Waals surface area contributed by atoms with Crippen LogP contribution in [0.2, 0.25) is 0 Å². The van der Waals surface area contributed by atoms with Crippen LogP contribution < -0.4 is 4.74 Å². The molecule has 1 saturated heterocycles. The second-order valence-corrected chi connectivity index (χ2v) is 5.82. The van der Waals surface area contributed by atoms with Gasteiger partial charge in [0.1, 0.15) is 18.5 Å². The third kappa shape index (κ3) is 4.07. The summed E-state index contributed by atoms with van der Waals surface area (Å²) in [7, 11) is 0. The van der Waals surface area contributed by atoms with Gasteiger partial charge in [0.25, 0.3) is 0 Å². The van der Waals surface area contributed by atoms with Crippen molar-refractivity contribution in [3.8, 4) is 5.75 Å². The highest BCUT2D eigenvalue weighted by atomic mass is 16.5. The van der Waals surface area contributed by atoms with Crippen LogP contribution in [0.5, 0.6) is 5.75 Å². The average Bonchev–Trinajstić information content (AvgIpc) is 3.12. The minimum atomic E-state index is -0.674. The number of nitrogens with zero attached hydrogens (tertiary/aromatic N) is 3. The molecule has 1 aromatic carbocycles. The van der Waals surface area contributed by atoms with Gasteiger partial charge in [-0.1, -0.05) is 23.4 Å². The lowest BCUT2D eigenvalue weighted by molar-refractivity contribution is 0.0560. The van der Waals surface area contributed by atoms with Gasteiger partial charge in [-0.25, -0.2) is 0 Å². The molecule has 0 amide bonds. The molecule has 1 aliphatic heterocycles. The average molecular weight is 319 g/mol. The molecule has 1 fully saturated rings. The molecule has 3 rings (SSSR count). The predicted molar refractivity (Wildman–Crippen MR) is 81.9 cm³/mol. The Morgan fingerprint density at radius 1 is 1.39 bits per heavy atom. The van der Waals surface area contributed by atoms with Crippen LogP contribution in [0.25, 0.3) is 0 Å². The van der Waals surface area contributed by atoms with E-state index in [9.17, 15) is 10.2 Å². The zero-order chi connectivity index (χ0) is 16.2. The van der Waals surface area contributed by atoms with Gasteiger partial charge in [0.15, 0.2) is 5.82 Å². The van der Waals surface area contributed by atoms with Crippen molar-refractivity contribution in [3.05, 3.63) is 42.0 Å². The predicted octanol–water partition coefficient (Wildman–Crippen LogP) is 0.926. The van der Waals surface area contributed by atoms with E-state index in [2.05, 4.69) is 10.1 Å². The van der Waals surface area contributed by atoms with Crippen LogP contribution in [0.15, 0.2) is 34.9 Å². The second-order valence-electron chi connectivity index (χ2n) is 5.82. The number of aromatic nitrogens is 2. The molecule has 0 unspecified atom stereocenters. The number of ether oxygens (including phenoxy) is 1. The molecular weight excluding hydrogens is 298 g/mol. The van der Waals surface area contributed by atoms with Crippen LogP contribution in [-0.4, -0.2) is 57.2 Å². The molecule has 2 aromatic rings. The fraction of sp³-hybridized carbons (Fsp3) is 0.500. The normalized spacial score (nSPS) is 23.1. The van der Waals surface area contributed by atoms with Crippen LogP contribution in [0.4, 0.5) is 0 Å². The fourth-order valence-corrected chi connectivity index (χ4v) is 2.82. The summed E-state index contributed by atoms with van der Waals surface area (Å²) in [5, 5.41) is 23.9. The summed E-state index contributed by atoms with van der Waals surface area (Å²) >= 11 is 0. The Hall–Kier alpha value is -1.96. The van der Waals surface area contributed by atoms with Gasteiger partial charge in [0.2, 0.25) is 5.89 Å². The first kappa shape index (κ1) is 15.9. The Morgan fingerprint density at radius 2 is 2.17 bits per heavy atom. The lowest BCUT2D eigenvalue weighted by Gasteiger charge is -2.24. The number of para-hydroxylation sites is 1. The topological polar surface area (TPSA) is 91.9 Å². The molecule has 2 heterocycles. The lowest BCUT2D eigenvalue weighted by Crippen LogP contribution is -2.36. The van der Waals surface area contributed by atoms with E-state index in [0.717, 1.165) is 5.75 Å². The highest BCUT2D eigenvalue weighted by Gasteiger charge is 2.36. The number of likely N-dealkylation sites (tertiary alicyclic amines) is 1. The van der Waals surface area contributed by atoms with Crippen LogP contribution in [0.1, 0.15) is 24.2 Å². The van der Waals surface area contributed by atoms with Crippen LogP contribution in [0.3, 0.4) is 0 Å². The first-order valence-electron chi connectivity index (χ1n) is 7.70. The number of aliphatic hydroxyl groups excluding tert-OH is 2. The largest absolute Gasteiger partial charge is 0.491 e. The van der Waals surface area contributed by atoms with Crippen molar-refractivity contribution >= 4 is 0 Å². The highest BCUT2D eigenvalue weighted by molar-refractivity contribution is 5.20. The van der Waals surface area contributed by atoms with Gasteiger partial charge in [0, 0.05) is 13.1 Å². The number of β-amino-alcohol motifs (C(OH)–C–C–N with tert-alkyl or cyclic N) is 2. The summed E-state index contributed by atoms with van der Waals surface area (Å²) in [6.07, 6.45) is -0.616. The molecule has 7 nitrogen and oxygen atoms in total. The molecule has 1 aliphatic rings. The van der Waals surface area contributed by atoms with E-state index in [1.165, 1.54) is 0 Å². The summed E-state index contributed by atoms with van der Waals surface area (Å²) < 4.78 is 10.8. The number of aliphatic hydroxyl groups is 2. The number of hydrogen-bond donors (Lipinski definition) is 2. The molecule has 0 spiro atoms. The number of rotatable bonds is 6. The standard InChI is InChI=1S/C16H21N3O4/c1-11-17-16(23-18-11)15-7-12(20)8-19(15)9-13(21)10-22-14-5-3-2-4-6-14/h2-6,12-13,15,20-21H,7-10H2,1H3/t12-,13+,15-/m1/s1. The minimum absolute atomic E-state index is 0.169. The molecule has 0 bridgehead atoms. The lowest BCUT2D eigenvalue weighted by atomic mass is 10.2. The molecular formula is C16H21N3O4. The molecule has 0 saturated carbocycles. The maximum Gasteiger partial charge on any atom is 0.244 e. The van der Waals surface area contributed by atoms with Gasteiger partial charge in [-0.15, -0.1) is 0 Å². The molecule has 7 heteroatoms. The maximum atomic E-state index is 10.2. The smallest absolute Gasteiger partial charge is 0.244 e. The van der Waals surface area contributed by atoms with E-state index in [1.807, 2.05) is 35.2 Å². The van der Waals surface area contributed by atoms with Gasteiger partial charge in [-0.3, -0.25) is 4.90 Å². The summed E-state index contributed by atoms with van der Waals surface area (Å²) in [5.41, 5.74) is 0. The molecule has 0 radical (unpaired) electrons. The van der Waals surface area contributed by atoms with E-state index in [0.29, 0.717) is 31.2 Å². The van der Waals surface area contributed by atoms with Crippen molar-refractivity contribution in [3.63, 3.8) is 0 Å². The van der Waals surface area contributed by atoms with Crippen molar-refractivity contribution in [1.29, 1.82) is 0 Å². The van der Waals surface area contributed by atoms with E-state index in [4.69, 9.17) is 9.26 Å². The van der Waals surface area contributed by atoms with Crippen molar-refractivity contribution in [2.45, 2.75) is 31.6 Å². The number of hydrogen-bond acceptors (Lipinski definition) is 7. The molecule has 0 aliphatic carbocycles. The van der Waals surface area contributed by atoms with Crippen molar-refractivity contribution in [2.75, 3.05) is 19.7 Å². The molecule has 1 aromatic heterocycles. The quantitative estimate of drug-likeness (QED) is 0.818. The van der Waals surface area contributed by atoms with E-state index >= 15 is 0 Å². The Morgan fingerprint density at radius 3 is 2.87 bits per heavy atom. The van der Waals surface area contributed by atoms with Crippen molar-refractivity contribution in [1.82, 2.24) is 15.0 Å². The van der Waals surface area contributed by atoms with E-state index < -0.39 is 12.2 Å². The SMILES string of the molecule is Cc1noc([C@H]2C[C@@H](O)CN2C[C@H](O)COc2ccccc2)n1. The van der Waals surface area contributed by atoms with Gasteiger partial charge < -0.3 is 19.5 Å². The Kier molecular flexibility index (Phi) is 4.90. The van der Waals surface area contributed by atoms with Gasteiger partial charge in [0.05, 0.1) is 12.1 Å². The first-order chi connectivity index (χ1) is 11.1. The highest BCUT2D eigenvalue weighted by Crippen LogP contribution is 2.31. The molecule has 2 N–H and O–H groups in total. The first-order valence-corrected chi connectivity index (χ1v) is 7.70. The van der Waals surface area contributed by atoms with Gasteiger partial charge in [-0.2, -0.15) is 4.98 Å². The van der Waals surface area contributed by atoms with Gasteiger partial charge in [-0.05, 0) is 25.5 Å². The fourth-order valence-electron chi connectivity index (χ4n) is 2.82.